The van der Waals surface area contributed by atoms with Crippen molar-refractivity contribution in [3.05, 3.63) is 28.4 Å². The molecule has 0 bridgehead atoms. The van der Waals surface area contributed by atoms with Gasteiger partial charge >= 0.3 is 6.03 Å². The number of rotatable bonds is 2. The molecule has 3 heterocycles. The Balaban J connectivity index is 1.59. The first kappa shape index (κ1) is 16.2. The van der Waals surface area contributed by atoms with E-state index < -0.39 is 12.1 Å². The van der Waals surface area contributed by atoms with E-state index in [9.17, 15) is 19.2 Å². The Morgan fingerprint density at radius 3 is 2.62 bits per heavy atom. The lowest BCUT2D eigenvalue weighted by Gasteiger charge is -2.33. The molecule has 3 N–H and O–H groups in total. The number of aromatic nitrogens is 2. The number of likely N-dealkylation sites (tertiary alicyclic amines) is 1. The molecule has 3 rings (SSSR count). The molecule has 9 nitrogen and oxygen atoms in total. The molecule has 0 spiro atoms. The highest BCUT2D eigenvalue weighted by Crippen LogP contribution is 2.26. The first-order chi connectivity index (χ1) is 11.5. The number of hydrogen-bond donors (Lipinski definition) is 3. The van der Waals surface area contributed by atoms with Crippen LogP contribution in [-0.4, -0.2) is 51.8 Å². The number of aromatic amines is 1. The van der Waals surface area contributed by atoms with Crippen LogP contribution in [0, 0.1) is 0 Å². The highest BCUT2D eigenvalue weighted by atomic mass is 16.2. The number of imide groups is 1. The van der Waals surface area contributed by atoms with E-state index in [1.165, 1.54) is 12.4 Å². The molecule has 0 aromatic carbocycles. The van der Waals surface area contributed by atoms with Crippen molar-refractivity contribution >= 4 is 17.8 Å². The predicted molar refractivity (Wildman–Crippen MR) is 83.1 cm³/mol. The number of amides is 4. The van der Waals surface area contributed by atoms with Crippen LogP contribution in [0.5, 0.6) is 0 Å². The van der Waals surface area contributed by atoms with Crippen LogP contribution in [0.3, 0.4) is 0 Å². The van der Waals surface area contributed by atoms with E-state index in [1.54, 1.807) is 4.90 Å². The Morgan fingerprint density at radius 1 is 1.17 bits per heavy atom. The van der Waals surface area contributed by atoms with Gasteiger partial charge in [-0.3, -0.25) is 19.7 Å². The fourth-order valence-electron chi connectivity index (χ4n) is 3.14. The minimum absolute atomic E-state index is 0.141. The monoisotopic (exact) mass is 333 g/mol. The third-order valence-corrected chi connectivity index (χ3v) is 4.44. The van der Waals surface area contributed by atoms with Gasteiger partial charge in [-0.15, -0.1) is 0 Å². The standard InChI is InChI=1S/C15H19N5O4/c21-12-2-1-10(18-15(24)19-12)14(23)20-5-3-9(4-6-20)11-7-13(22)17-8-16-11/h7-10H,1-6H2,(H,16,17,22)(H2,18,19,21,24). The van der Waals surface area contributed by atoms with Gasteiger partial charge in [0.25, 0.3) is 5.56 Å². The predicted octanol–water partition coefficient (Wildman–Crippen LogP) is -0.536. The molecule has 4 amide bonds. The second-order valence-electron chi connectivity index (χ2n) is 6.05. The van der Waals surface area contributed by atoms with Crippen molar-refractivity contribution in [1.29, 1.82) is 0 Å². The molecule has 2 fully saturated rings. The molecule has 2 saturated heterocycles. The lowest BCUT2D eigenvalue weighted by atomic mass is 9.93. The lowest BCUT2D eigenvalue weighted by Crippen LogP contribution is -2.51. The third-order valence-electron chi connectivity index (χ3n) is 4.44. The highest BCUT2D eigenvalue weighted by molar-refractivity contribution is 5.98. The Labute approximate surface area is 137 Å². The smallest absolute Gasteiger partial charge is 0.322 e. The van der Waals surface area contributed by atoms with Crippen molar-refractivity contribution in [2.24, 2.45) is 0 Å². The maximum atomic E-state index is 12.6. The van der Waals surface area contributed by atoms with Gasteiger partial charge in [0.1, 0.15) is 6.04 Å². The number of piperidine rings is 1. The first-order valence-electron chi connectivity index (χ1n) is 7.96. The van der Waals surface area contributed by atoms with Gasteiger partial charge in [0.05, 0.1) is 12.0 Å². The Kier molecular flexibility index (Phi) is 4.59. The van der Waals surface area contributed by atoms with E-state index in [1.807, 2.05) is 0 Å². The van der Waals surface area contributed by atoms with Gasteiger partial charge in [-0.25, -0.2) is 9.78 Å². The molecule has 1 aromatic rings. The summed E-state index contributed by atoms with van der Waals surface area (Å²) in [4.78, 5) is 55.1. The highest BCUT2D eigenvalue weighted by Gasteiger charge is 2.32. The summed E-state index contributed by atoms with van der Waals surface area (Å²) < 4.78 is 0. The summed E-state index contributed by atoms with van der Waals surface area (Å²) >= 11 is 0. The van der Waals surface area contributed by atoms with Crippen molar-refractivity contribution in [2.75, 3.05) is 13.1 Å². The van der Waals surface area contributed by atoms with Crippen LogP contribution in [-0.2, 0) is 9.59 Å². The second kappa shape index (κ2) is 6.81. The van der Waals surface area contributed by atoms with Crippen molar-refractivity contribution in [3.63, 3.8) is 0 Å². The van der Waals surface area contributed by atoms with Crippen LogP contribution >= 0.6 is 0 Å². The molecular formula is C15H19N5O4. The van der Waals surface area contributed by atoms with E-state index in [2.05, 4.69) is 20.6 Å². The maximum Gasteiger partial charge on any atom is 0.322 e. The Bertz CT molecular complexity index is 708. The second-order valence-corrected chi connectivity index (χ2v) is 6.05. The number of hydrogen-bond acceptors (Lipinski definition) is 5. The normalized spacial score (nSPS) is 22.5. The van der Waals surface area contributed by atoms with Crippen molar-refractivity contribution < 1.29 is 14.4 Å². The van der Waals surface area contributed by atoms with Crippen LogP contribution in [0.2, 0.25) is 0 Å². The zero-order valence-electron chi connectivity index (χ0n) is 13.1. The summed E-state index contributed by atoms with van der Waals surface area (Å²) in [6, 6.07) is 0.189. The topological polar surface area (TPSA) is 124 Å². The van der Waals surface area contributed by atoms with Gasteiger partial charge in [0.15, 0.2) is 0 Å². The lowest BCUT2D eigenvalue weighted by molar-refractivity contribution is -0.134. The zero-order chi connectivity index (χ0) is 17.1. The number of urea groups is 1. The molecule has 1 atom stereocenters. The van der Waals surface area contributed by atoms with Gasteiger partial charge in [-0.1, -0.05) is 0 Å². The van der Waals surface area contributed by atoms with Crippen LogP contribution in [0.4, 0.5) is 4.79 Å². The maximum absolute atomic E-state index is 12.6. The van der Waals surface area contributed by atoms with E-state index in [-0.39, 0.29) is 29.7 Å². The number of nitrogens with zero attached hydrogens (tertiary/aromatic N) is 2. The van der Waals surface area contributed by atoms with Crippen LogP contribution < -0.4 is 16.2 Å². The van der Waals surface area contributed by atoms with Gasteiger partial charge in [0.2, 0.25) is 11.8 Å². The molecule has 128 valence electrons. The van der Waals surface area contributed by atoms with Crippen molar-refractivity contribution in [3.8, 4) is 0 Å². The van der Waals surface area contributed by atoms with E-state index in [0.29, 0.717) is 32.4 Å². The SMILES string of the molecule is O=C1CCC(C(=O)N2CCC(c3cc(=O)[nH]cn3)CC2)NC(=O)N1. The Morgan fingerprint density at radius 2 is 1.92 bits per heavy atom. The summed E-state index contributed by atoms with van der Waals surface area (Å²) in [6.07, 6.45) is 3.24. The average Bonchev–Trinajstić information content (AvgIpc) is 2.74. The van der Waals surface area contributed by atoms with Crippen molar-refractivity contribution in [2.45, 2.75) is 37.6 Å². The molecule has 2 aliphatic heterocycles. The molecule has 0 aliphatic carbocycles. The summed E-state index contributed by atoms with van der Waals surface area (Å²) in [6.45, 7) is 1.07. The molecular weight excluding hydrogens is 314 g/mol. The molecule has 0 radical (unpaired) electrons. The van der Waals surface area contributed by atoms with Crippen molar-refractivity contribution in [1.82, 2.24) is 25.5 Å². The molecule has 24 heavy (non-hydrogen) atoms. The van der Waals surface area contributed by atoms with Gasteiger partial charge in [-0.2, -0.15) is 0 Å². The minimum Gasteiger partial charge on any atom is -0.341 e. The fourth-order valence-corrected chi connectivity index (χ4v) is 3.14. The largest absolute Gasteiger partial charge is 0.341 e. The van der Waals surface area contributed by atoms with Gasteiger partial charge in [-0.05, 0) is 19.3 Å². The fraction of sp³-hybridized carbons (Fsp3) is 0.533. The van der Waals surface area contributed by atoms with Crippen LogP contribution in [0.25, 0.3) is 0 Å². The summed E-state index contributed by atoms with van der Waals surface area (Å²) in [5.74, 6) is -0.401. The van der Waals surface area contributed by atoms with Crippen LogP contribution in [0.1, 0.15) is 37.3 Å². The van der Waals surface area contributed by atoms with E-state index in [0.717, 1.165) is 5.69 Å². The molecule has 0 saturated carbocycles. The number of carbonyl (C=O) groups is 3. The first-order valence-corrected chi connectivity index (χ1v) is 7.96. The third kappa shape index (κ3) is 3.61. The number of carbonyl (C=O) groups excluding carboxylic acids is 3. The molecule has 2 aliphatic rings. The summed E-state index contributed by atoms with van der Waals surface area (Å²) in [5, 5.41) is 4.70. The molecule has 1 aromatic heterocycles. The van der Waals surface area contributed by atoms with Gasteiger partial charge < -0.3 is 15.2 Å². The average molecular weight is 333 g/mol. The van der Waals surface area contributed by atoms with Gasteiger partial charge in [0, 0.05) is 31.5 Å². The minimum atomic E-state index is -0.675. The molecule has 1 unspecified atom stereocenters. The summed E-state index contributed by atoms with van der Waals surface area (Å²) in [7, 11) is 0. The number of nitrogens with one attached hydrogen (secondary N) is 3. The van der Waals surface area contributed by atoms with Crippen LogP contribution in [0.15, 0.2) is 17.2 Å². The summed E-state index contributed by atoms with van der Waals surface area (Å²) in [5.41, 5.74) is 0.556. The molecule has 9 heteroatoms. The van der Waals surface area contributed by atoms with E-state index in [4.69, 9.17) is 0 Å². The van der Waals surface area contributed by atoms with E-state index >= 15 is 0 Å². The zero-order valence-corrected chi connectivity index (χ0v) is 13.1. The number of H-pyrrole nitrogens is 1. The quantitative estimate of drug-likeness (QED) is 0.671. The Hall–Kier alpha value is -2.71.